The Morgan fingerprint density at radius 3 is 2.64 bits per heavy atom. The predicted molar refractivity (Wildman–Crippen MR) is 100 cm³/mol. The monoisotopic (exact) mass is 406 g/mol. The molecule has 0 saturated heterocycles. The average Bonchev–Trinajstić information content (AvgIpc) is 3.11. The Morgan fingerprint density at radius 1 is 1.18 bits per heavy atom. The number of nitrogens with zero attached hydrogens (tertiary/aromatic N) is 3. The number of thiazole rings is 1. The van der Waals surface area contributed by atoms with Gasteiger partial charge in [-0.15, -0.1) is 11.3 Å². The first-order valence-corrected chi connectivity index (χ1v) is 9.53. The number of halogens is 3. The van der Waals surface area contributed by atoms with Gasteiger partial charge in [0.15, 0.2) is 0 Å². The van der Waals surface area contributed by atoms with Crippen LogP contribution in [0.25, 0.3) is 10.4 Å². The molecule has 3 aromatic rings. The molecule has 2 aromatic heterocycles. The fourth-order valence-corrected chi connectivity index (χ4v) is 4.15. The van der Waals surface area contributed by atoms with Crippen molar-refractivity contribution in [3.05, 3.63) is 52.9 Å². The number of aromatic nitrogens is 3. The SMILES string of the molecule is Cc1ccc(Nc2nccc(C(F)(F)F)n2)cc1-c1cnc(C2(O)CCC2)s1. The summed E-state index contributed by atoms with van der Waals surface area (Å²) < 4.78 is 38.5. The summed E-state index contributed by atoms with van der Waals surface area (Å²) in [6, 6.07) is 6.27. The molecule has 0 atom stereocenters. The molecule has 0 amide bonds. The van der Waals surface area contributed by atoms with Crippen LogP contribution < -0.4 is 5.32 Å². The van der Waals surface area contributed by atoms with E-state index in [0.29, 0.717) is 23.5 Å². The molecule has 0 spiro atoms. The van der Waals surface area contributed by atoms with Crippen LogP contribution in [0.5, 0.6) is 0 Å². The Labute approximate surface area is 163 Å². The number of aliphatic hydroxyl groups is 1. The first-order valence-electron chi connectivity index (χ1n) is 8.72. The molecule has 1 aliphatic carbocycles. The van der Waals surface area contributed by atoms with E-state index in [4.69, 9.17) is 0 Å². The van der Waals surface area contributed by atoms with Crippen molar-refractivity contribution < 1.29 is 18.3 Å². The average molecular weight is 406 g/mol. The minimum absolute atomic E-state index is 0.126. The molecule has 1 fully saturated rings. The highest BCUT2D eigenvalue weighted by molar-refractivity contribution is 7.15. The summed E-state index contributed by atoms with van der Waals surface area (Å²) in [6.07, 6.45) is 0.686. The molecule has 1 aromatic carbocycles. The van der Waals surface area contributed by atoms with E-state index in [0.717, 1.165) is 34.7 Å². The third-order valence-corrected chi connectivity index (χ3v) is 6.01. The van der Waals surface area contributed by atoms with E-state index in [1.165, 1.54) is 11.3 Å². The molecule has 0 unspecified atom stereocenters. The minimum atomic E-state index is -4.53. The summed E-state index contributed by atoms with van der Waals surface area (Å²) in [6.45, 7) is 1.94. The lowest BCUT2D eigenvalue weighted by Gasteiger charge is -2.34. The van der Waals surface area contributed by atoms with Gasteiger partial charge < -0.3 is 10.4 Å². The summed E-state index contributed by atoms with van der Waals surface area (Å²) in [5.41, 5.74) is 0.629. The van der Waals surface area contributed by atoms with Crippen LogP contribution in [0.15, 0.2) is 36.7 Å². The summed E-state index contributed by atoms with van der Waals surface area (Å²) in [7, 11) is 0. The van der Waals surface area contributed by atoms with Crippen molar-refractivity contribution in [3.8, 4) is 10.4 Å². The summed E-state index contributed by atoms with van der Waals surface area (Å²) in [5, 5.41) is 14.0. The zero-order valence-electron chi connectivity index (χ0n) is 14.9. The molecule has 9 heteroatoms. The van der Waals surface area contributed by atoms with E-state index in [-0.39, 0.29) is 5.95 Å². The van der Waals surface area contributed by atoms with Crippen molar-refractivity contribution in [3.63, 3.8) is 0 Å². The van der Waals surface area contributed by atoms with Gasteiger partial charge in [-0.1, -0.05) is 6.07 Å². The van der Waals surface area contributed by atoms with Gasteiger partial charge >= 0.3 is 6.18 Å². The Bertz CT molecular complexity index is 1010. The van der Waals surface area contributed by atoms with Gasteiger partial charge in [0.25, 0.3) is 0 Å². The van der Waals surface area contributed by atoms with Gasteiger partial charge in [0.2, 0.25) is 5.95 Å². The minimum Gasteiger partial charge on any atom is -0.383 e. The molecular weight excluding hydrogens is 389 g/mol. The fraction of sp³-hybridized carbons (Fsp3) is 0.316. The van der Waals surface area contributed by atoms with Crippen molar-refractivity contribution in [1.29, 1.82) is 0 Å². The molecule has 0 bridgehead atoms. The van der Waals surface area contributed by atoms with Crippen LogP contribution in [-0.4, -0.2) is 20.1 Å². The number of hydrogen-bond donors (Lipinski definition) is 2. The molecular formula is C19H17F3N4OS. The van der Waals surface area contributed by atoms with Crippen LogP contribution in [0.2, 0.25) is 0 Å². The highest BCUT2D eigenvalue weighted by Crippen LogP contribution is 2.44. The molecule has 1 aliphatic rings. The summed E-state index contributed by atoms with van der Waals surface area (Å²) in [4.78, 5) is 12.7. The van der Waals surface area contributed by atoms with Crippen LogP contribution in [0.1, 0.15) is 35.5 Å². The third kappa shape index (κ3) is 3.59. The van der Waals surface area contributed by atoms with Gasteiger partial charge in [0.05, 0.1) is 4.88 Å². The van der Waals surface area contributed by atoms with E-state index in [9.17, 15) is 18.3 Å². The molecule has 146 valence electrons. The number of anilines is 2. The zero-order chi connectivity index (χ0) is 19.9. The quantitative estimate of drug-likeness (QED) is 0.635. The van der Waals surface area contributed by atoms with E-state index >= 15 is 0 Å². The first-order chi connectivity index (χ1) is 13.2. The smallest absolute Gasteiger partial charge is 0.383 e. The Balaban J connectivity index is 1.61. The zero-order valence-corrected chi connectivity index (χ0v) is 15.7. The van der Waals surface area contributed by atoms with Gasteiger partial charge in [0, 0.05) is 18.1 Å². The number of hydrogen-bond acceptors (Lipinski definition) is 6. The molecule has 4 rings (SSSR count). The lowest BCUT2D eigenvalue weighted by atomic mass is 9.81. The molecule has 2 heterocycles. The van der Waals surface area contributed by atoms with Gasteiger partial charge in [-0.3, -0.25) is 0 Å². The molecule has 1 saturated carbocycles. The normalized spacial score (nSPS) is 15.9. The first kappa shape index (κ1) is 18.8. The highest BCUT2D eigenvalue weighted by Gasteiger charge is 2.39. The summed E-state index contributed by atoms with van der Waals surface area (Å²) >= 11 is 1.43. The maximum absolute atomic E-state index is 12.8. The van der Waals surface area contributed by atoms with Crippen molar-refractivity contribution in [2.75, 3.05) is 5.32 Å². The van der Waals surface area contributed by atoms with E-state index in [1.54, 1.807) is 12.3 Å². The van der Waals surface area contributed by atoms with Crippen molar-refractivity contribution in [2.45, 2.75) is 38.0 Å². The molecule has 0 radical (unpaired) electrons. The Kier molecular flexibility index (Phi) is 4.59. The van der Waals surface area contributed by atoms with Crippen molar-refractivity contribution in [2.24, 2.45) is 0 Å². The summed E-state index contributed by atoms with van der Waals surface area (Å²) in [5.74, 6) is -0.126. The van der Waals surface area contributed by atoms with Gasteiger partial charge in [-0.2, -0.15) is 13.2 Å². The molecule has 0 aliphatic heterocycles. The van der Waals surface area contributed by atoms with E-state index < -0.39 is 17.5 Å². The maximum Gasteiger partial charge on any atom is 0.433 e. The number of alkyl halides is 3. The van der Waals surface area contributed by atoms with Gasteiger partial charge in [0.1, 0.15) is 16.3 Å². The van der Waals surface area contributed by atoms with Crippen molar-refractivity contribution in [1.82, 2.24) is 15.0 Å². The molecule has 28 heavy (non-hydrogen) atoms. The number of rotatable bonds is 4. The van der Waals surface area contributed by atoms with Gasteiger partial charge in [-0.25, -0.2) is 15.0 Å². The second-order valence-corrected chi connectivity index (χ2v) is 7.86. The van der Waals surface area contributed by atoms with Crippen LogP contribution in [-0.2, 0) is 11.8 Å². The van der Waals surface area contributed by atoms with Crippen LogP contribution >= 0.6 is 11.3 Å². The number of benzene rings is 1. The van der Waals surface area contributed by atoms with E-state index in [1.807, 2.05) is 19.1 Å². The fourth-order valence-electron chi connectivity index (χ4n) is 3.01. The molecule has 2 N–H and O–H groups in total. The maximum atomic E-state index is 12.8. The van der Waals surface area contributed by atoms with Crippen molar-refractivity contribution >= 4 is 23.0 Å². The Hall–Kier alpha value is -2.52. The van der Waals surface area contributed by atoms with Crippen LogP contribution in [0.4, 0.5) is 24.8 Å². The number of nitrogens with one attached hydrogen (secondary N) is 1. The predicted octanol–water partition coefficient (Wildman–Crippen LogP) is 5.04. The van der Waals surface area contributed by atoms with Crippen LogP contribution in [0, 0.1) is 6.92 Å². The van der Waals surface area contributed by atoms with Crippen LogP contribution in [0.3, 0.4) is 0 Å². The third-order valence-electron chi connectivity index (χ3n) is 4.79. The highest BCUT2D eigenvalue weighted by atomic mass is 32.1. The Morgan fingerprint density at radius 2 is 1.96 bits per heavy atom. The van der Waals surface area contributed by atoms with Gasteiger partial charge in [-0.05, 0) is 55.5 Å². The number of aryl methyl sites for hydroxylation is 1. The largest absolute Gasteiger partial charge is 0.433 e. The standard InChI is InChI=1S/C19H17F3N4OS/c1-11-3-4-12(25-17-23-8-5-15(26-17)19(20,21)22)9-13(11)14-10-24-16(28-14)18(27)6-2-7-18/h3-5,8-10,27H,2,6-7H2,1H3,(H,23,25,26). The second-order valence-electron chi connectivity index (χ2n) is 6.83. The molecule has 5 nitrogen and oxygen atoms in total. The van der Waals surface area contributed by atoms with E-state index in [2.05, 4.69) is 20.3 Å². The lowest BCUT2D eigenvalue weighted by molar-refractivity contribution is -0.141. The topological polar surface area (TPSA) is 70.9 Å². The lowest BCUT2D eigenvalue weighted by Crippen LogP contribution is -2.33. The second kappa shape index (κ2) is 6.82.